The van der Waals surface area contributed by atoms with Gasteiger partial charge in [0.25, 0.3) is 0 Å². The molecule has 0 bridgehead atoms. The molecule has 1 heterocycles. The van der Waals surface area contributed by atoms with Crippen LogP contribution in [-0.4, -0.2) is 27.4 Å². The number of aliphatic carboxylic acids is 1. The Balaban J connectivity index is 2.04. The summed E-state index contributed by atoms with van der Waals surface area (Å²) in [5.41, 5.74) is 1.31. The molecule has 0 saturated carbocycles. The number of hydrogen-bond donors (Lipinski definition) is 2. The van der Waals surface area contributed by atoms with Gasteiger partial charge in [-0.25, -0.2) is 4.68 Å². The Hall–Kier alpha value is -2.14. The summed E-state index contributed by atoms with van der Waals surface area (Å²) in [5, 5.41) is 17.1. The molecule has 5 nitrogen and oxygen atoms in total. The quantitative estimate of drug-likeness (QED) is 0.787. The number of carbonyl (C=O) groups is 1. The first-order valence-electron chi connectivity index (χ1n) is 7.65. The van der Waals surface area contributed by atoms with Gasteiger partial charge in [-0.3, -0.25) is 4.79 Å². The number of carboxylic acid groups (broad SMARTS) is 1. The molecule has 0 radical (unpaired) electrons. The molecule has 0 fully saturated rings. The molecule has 1 aromatic carbocycles. The van der Waals surface area contributed by atoms with Crippen molar-refractivity contribution >= 4 is 5.97 Å². The standard InChI is InChI=1S/C17H23N3O2/c1-3-17(4-2,16(21)22)13-18-12-15-10-11-19-20(15)14-8-6-5-7-9-14/h5-11,18H,3-4,12-13H2,1-2H3,(H,21,22). The van der Waals surface area contributed by atoms with Gasteiger partial charge in [0.2, 0.25) is 0 Å². The maximum absolute atomic E-state index is 11.5. The Labute approximate surface area is 131 Å². The molecule has 22 heavy (non-hydrogen) atoms. The maximum atomic E-state index is 11.5. The SMILES string of the molecule is CCC(CC)(CNCc1ccnn1-c1ccccc1)C(=O)O. The predicted molar refractivity (Wildman–Crippen MR) is 85.9 cm³/mol. The lowest BCUT2D eigenvalue weighted by molar-refractivity contribution is -0.149. The van der Waals surface area contributed by atoms with E-state index in [-0.39, 0.29) is 0 Å². The van der Waals surface area contributed by atoms with E-state index >= 15 is 0 Å². The lowest BCUT2D eigenvalue weighted by atomic mass is 9.82. The van der Waals surface area contributed by atoms with Gasteiger partial charge in [0, 0.05) is 19.3 Å². The second kappa shape index (κ2) is 7.22. The van der Waals surface area contributed by atoms with E-state index in [0.717, 1.165) is 11.4 Å². The number of aromatic nitrogens is 2. The maximum Gasteiger partial charge on any atom is 0.310 e. The van der Waals surface area contributed by atoms with Crippen molar-refractivity contribution in [3.8, 4) is 5.69 Å². The third kappa shape index (κ3) is 3.36. The zero-order chi connectivity index (χ0) is 16.0. The van der Waals surface area contributed by atoms with Crippen molar-refractivity contribution in [3.63, 3.8) is 0 Å². The van der Waals surface area contributed by atoms with E-state index in [1.165, 1.54) is 0 Å². The van der Waals surface area contributed by atoms with E-state index in [2.05, 4.69) is 10.4 Å². The molecule has 0 amide bonds. The second-order valence-electron chi connectivity index (χ2n) is 5.47. The highest BCUT2D eigenvalue weighted by Crippen LogP contribution is 2.25. The summed E-state index contributed by atoms with van der Waals surface area (Å²) >= 11 is 0. The minimum absolute atomic E-state index is 0.454. The Morgan fingerprint density at radius 2 is 1.91 bits per heavy atom. The van der Waals surface area contributed by atoms with Crippen LogP contribution in [0.25, 0.3) is 5.69 Å². The molecular weight excluding hydrogens is 278 g/mol. The Bertz CT molecular complexity index is 603. The van der Waals surface area contributed by atoms with Gasteiger partial charge in [-0.2, -0.15) is 5.10 Å². The van der Waals surface area contributed by atoms with E-state index in [9.17, 15) is 9.90 Å². The Morgan fingerprint density at radius 1 is 1.23 bits per heavy atom. The van der Waals surface area contributed by atoms with Gasteiger partial charge < -0.3 is 10.4 Å². The molecule has 1 aromatic heterocycles. The molecular formula is C17H23N3O2. The summed E-state index contributed by atoms with van der Waals surface area (Å²) in [4.78, 5) is 11.5. The lowest BCUT2D eigenvalue weighted by Crippen LogP contribution is -2.40. The number of hydrogen-bond acceptors (Lipinski definition) is 3. The highest BCUT2D eigenvalue weighted by atomic mass is 16.4. The molecule has 0 saturated heterocycles. The number of rotatable bonds is 8. The number of nitrogens with one attached hydrogen (secondary N) is 1. The summed E-state index contributed by atoms with van der Waals surface area (Å²) in [6.07, 6.45) is 2.99. The smallest absolute Gasteiger partial charge is 0.310 e. The number of para-hydroxylation sites is 1. The minimum atomic E-state index is -0.735. The summed E-state index contributed by atoms with van der Waals surface area (Å²) in [5.74, 6) is -0.735. The third-order valence-corrected chi connectivity index (χ3v) is 4.30. The molecule has 0 unspecified atom stereocenters. The van der Waals surface area contributed by atoms with E-state index < -0.39 is 11.4 Å². The van der Waals surface area contributed by atoms with Crippen molar-refractivity contribution in [2.45, 2.75) is 33.2 Å². The van der Waals surface area contributed by atoms with Crippen LogP contribution in [0.4, 0.5) is 0 Å². The first-order valence-corrected chi connectivity index (χ1v) is 7.65. The van der Waals surface area contributed by atoms with Crippen LogP contribution in [0.3, 0.4) is 0 Å². The van der Waals surface area contributed by atoms with Crippen LogP contribution >= 0.6 is 0 Å². The number of nitrogens with zero attached hydrogens (tertiary/aromatic N) is 2. The van der Waals surface area contributed by atoms with Crippen molar-refractivity contribution in [2.75, 3.05) is 6.54 Å². The molecule has 0 atom stereocenters. The van der Waals surface area contributed by atoms with Crippen LogP contribution in [0.15, 0.2) is 42.6 Å². The lowest BCUT2D eigenvalue weighted by Gasteiger charge is -2.27. The average Bonchev–Trinajstić information content (AvgIpc) is 3.01. The first kappa shape index (κ1) is 16.2. The van der Waals surface area contributed by atoms with Crippen molar-refractivity contribution in [2.24, 2.45) is 5.41 Å². The average molecular weight is 301 g/mol. The summed E-state index contributed by atoms with van der Waals surface area (Å²) < 4.78 is 1.87. The van der Waals surface area contributed by atoms with Crippen LogP contribution in [-0.2, 0) is 11.3 Å². The predicted octanol–water partition coefficient (Wildman–Crippen LogP) is 2.85. The molecule has 2 rings (SSSR count). The van der Waals surface area contributed by atoms with E-state index in [4.69, 9.17) is 0 Å². The molecule has 118 valence electrons. The molecule has 2 N–H and O–H groups in total. The van der Waals surface area contributed by atoms with Gasteiger partial charge in [-0.1, -0.05) is 32.0 Å². The second-order valence-corrected chi connectivity index (χ2v) is 5.47. The Kier molecular flexibility index (Phi) is 5.33. The van der Waals surface area contributed by atoms with Gasteiger partial charge in [0.05, 0.1) is 16.8 Å². The largest absolute Gasteiger partial charge is 0.481 e. The van der Waals surface area contributed by atoms with Gasteiger partial charge >= 0.3 is 5.97 Å². The number of carboxylic acids is 1. The summed E-state index contributed by atoms with van der Waals surface area (Å²) in [6.45, 7) is 4.89. The molecule has 0 spiro atoms. The molecule has 0 aliphatic heterocycles. The van der Waals surface area contributed by atoms with Crippen LogP contribution in [0, 0.1) is 5.41 Å². The summed E-state index contributed by atoms with van der Waals surface area (Å²) in [7, 11) is 0. The normalized spacial score (nSPS) is 11.5. The number of benzene rings is 1. The van der Waals surface area contributed by atoms with Crippen LogP contribution in [0.1, 0.15) is 32.4 Å². The first-order chi connectivity index (χ1) is 10.6. The summed E-state index contributed by atoms with van der Waals surface area (Å²) in [6, 6.07) is 11.8. The topological polar surface area (TPSA) is 67.2 Å². The van der Waals surface area contributed by atoms with Gasteiger partial charge in [0.1, 0.15) is 0 Å². The fourth-order valence-corrected chi connectivity index (χ4v) is 2.57. The fourth-order valence-electron chi connectivity index (χ4n) is 2.57. The van der Waals surface area contributed by atoms with Crippen LogP contribution in [0.2, 0.25) is 0 Å². The van der Waals surface area contributed by atoms with Gasteiger partial charge in [-0.05, 0) is 31.0 Å². The van der Waals surface area contributed by atoms with Gasteiger partial charge in [-0.15, -0.1) is 0 Å². The Morgan fingerprint density at radius 3 is 2.50 bits per heavy atom. The van der Waals surface area contributed by atoms with Crippen LogP contribution in [0.5, 0.6) is 0 Å². The highest BCUT2D eigenvalue weighted by Gasteiger charge is 2.34. The highest BCUT2D eigenvalue weighted by molar-refractivity contribution is 5.74. The van der Waals surface area contributed by atoms with Crippen molar-refractivity contribution in [1.29, 1.82) is 0 Å². The fraction of sp³-hybridized carbons (Fsp3) is 0.412. The van der Waals surface area contributed by atoms with Crippen molar-refractivity contribution in [1.82, 2.24) is 15.1 Å². The zero-order valence-corrected chi connectivity index (χ0v) is 13.1. The molecule has 0 aliphatic rings. The zero-order valence-electron chi connectivity index (χ0n) is 13.1. The third-order valence-electron chi connectivity index (χ3n) is 4.30. The van der Waals surface area contributed by atoms with E-state index in [1.807, 2.05) is 54.9 Å². The van der Waals surface area contributed by atoms with Crippen molar-refractivity contribution < 1.29 is 9.90 Å². The molecule has 5 heteroatoms. The van der Waals surface area contributed by atoms with Crippen molar-refractivity contribution in [3.05, 3.63) is 48.3 Å². The molecule has 2 aromatic rings. The van der Waals surface area contributed by atoms with Gasteiger partial charge in [0.15, 0.2) is 0 Å². The molecule has 0 aliphatic carbocycles. The van der Waals surface area contributed by atoms with Crippen LogP contribution < -0.4 is 5.32 Å². The monoisotopic (exact) mass is 301 g/mol. The van der Waals surface area contributed by atoms with E-state index in [0.29, 0.717) is 25.9 Å². The minimum Gasteiger partial charge on any atom is -0.481 e. The van der Waals surface area contributed by atoms with E-state index in [1.54, 1.807) is 6.20 Å².